The second kappa shape index (κ2) is 9.53. The Balaban J connectivity index is 1.98. The van der Waals surface area contributed by atoms with Gasteiger partial charge in [0.2, 0.25) is 0 Å². The van der Waals surface area contributed by atoms with E-state index in [9.17, 15) is 14.0 Å². The molecule has 0 bridgehead atoms. The molecule has 0 atom stereocenters. The van der Waals surface area contributed by atoms with Crippen LogP contribution in [0.4, 0.5) is 4.39 Å². The lowest BCUT2D eigenvalue weighted by atomic mass is 10.1. The van der Waals surface area contributed by atoms with Crippen LogP contribution in [0.2, 0.25) is 0 Å². The number of amides is 1. The van der Waals surface area contributed by atoms with E-state index < -0.39 is 17.7 Å². The molecule has 0 aliphatic carbocycles. The minimum absolute atomic E-state index is 0.00478. The smallest absolute Gasteiger partial charge is 0.326 e. The number of ether oxygens (including phenoxy) is 3. The summed E-state index contributed by atoms with van der Waals surface area (Å²) >= 11 is 1.13. The molecule has 1 heterocycles. The van der Waals surface area contributed by atoms with Crippen LogP contribution < -0.4 is 14.3 Å². The Morgan fingerprint density at radius 1 is 1.13 bits per heavy atom. The number of rotatable bonds is 7. The van der Waals surface area contributed by atoms with Gasteiger partial charge >= 0.3 is 5.97 Å². The largest absolute Gasteiger partial charge is 0.497 e. The molecule has 0 aliphatic heterocycles. The van der Waals surface area contributed by atoms with Crippen molar-refractivity contribution in [2.75, 3.05) is 20.8 Å². The number of fused-ring (bicyclic) bond motifs is 1. The van der Waals surface area contributed by atoms with Crippen LogP contribution in [-0.2, 0) is 27.3 Å². The number of hydrogen-bond acceptors (Lipinski definition) is 6. The molecule has 0 saturated carbocycles. The highest BCUT2D eigenvalue weighted by Gasteiger charge is 2.14. The molecule has 0 unspecified atom stereocenters. The third-order valence-corrected chi connectivity index (χ3v) is 5.33. The summed E-state index contributed by atoms with van der Waals surface area (Å²) in [4.78, 5) is 29.2. The van der Waals surface area contributed by atoms with Gasteiger partial charge in [-0.15, -0.1) is 0 Å². The lowest BCUT2D eigenvalue weighted by molar-refractivity contribution is -0.143. The first-order chi connectivity index (χ1) is 14.4. The number of carbonyl (C=O) groups excluding carboxylic acids is 2. The van der Waals surface area contributed by atoms with Gasteiger partial charge in [-0.05, 0) is 31.2 Å². The minimum Gasteiger partial charge on any atom is -0.497 e. The number of benzene rings is 2. The van der Waals surface area contributed by atoms with Crippen molar-refractivity contribution in [3.8, 4) is 11.5 Å². The average Bonchev–Trinajstić information content (AvgIpc) is 3.04. The van der Waals surface area contributed by atoms with Gasteiger partial charge in [0.15, 0.2) is 4.80 Å². The van der Waals surface area contributed by atoms with E-state index in [1.807, 2.05) is 0 Å². The number of aromatic nitrogens is 1. The van der Waals surface area contributed by atoms with Crippen molar-refractivity contribution in [3.05, 3.63) is 52.6 Å². The normalized spacial score (nSPS) is 11.5. The summed E-state index contributed by atoms with van der Waals surface area (Å²) in [6.07, 6.45) is -0.00478. The molecule has 1 amide bonds. The summed E-state index contributed by atoms with van der Waals surface area (Å²) < 4.78 is 31.3. The molecule has 7 nitrogen and oxygen atoms in total. The molecule has 0 spiro atoms. The van der Waals surface area contributed by atoms with Gasteiger partial charge in [0.05, 0.1) is 37.5 Å². The maximum absolute atomic E-state index is 13.6. The first kappa shape index (κ1) is 21.5. The van der Waals surface area contributed by atoms with E-state index in [1.165, 1.54) is 19.2 Å². The van der Waals surface area contributed by atoms with Crippen molar-refractivity contribution in [3.63, 3.8) is 0 Å². The molecule has 0 saturated heterocycles. The molecule has 0 aliphatic rings. The van der Waals surface area contributed by atoms with Crippen molar-refractivity contribution >= 4 is 33.4 Å². The highest BCUT2D eigenvalue weighted by molar-refractivity contribution is 7.16. The summed E-state index contributed by atoms with van der Waals surface area (Å²) in [7, 11) is 3.05. The topological polar surface area (TPSA) is 79.1 Å². The lowest BCUT2D eigenvalue weighted by Crippen LogP contribution is -2.23. The fraction of sp³-hybridized carbons (Fsp3) is 0.286. The highest BCUT2D eigenvalue weighted by atomic mass is 32.1. The van der Waals surface area contributed by atoms with Crippen molar-refractivity contribution in [2.45, 2.75) is 19.9 Å². The molecule has 158 valence electrons. The van der Waals surface area contributed by atoms with Gasteiger partial charge < -0.3 is 18.8 Å². The first-order valence-corrected chi connectivity index (χ1v) is 9.99. The predicted octanol–water partition coefficient (Wildman–Crippen LogP) is 3.09. The van der Waals surface area contributed by atoms with Crippen LogP contribution >= 0.6 is 11.3 Å². The Labute approximate surface area is 176 Å². The molecular formula is C21H21FN2O5S. The van der Waals surface area contributed by atoms with Crippen LogP contribution in [0.3, 0.4) is 0 Å². The monoisotopic (exact) mass is 432 g/mol. The van der Waals surface area contributed by atoms with Crippen LogP contribution in [0.1, 0.15) is 12.5 Å². The number of thiazole rings is 1. The SMILES string of the molecule is CCOC(=O)Cn1c(=NC(=O)Cc2ccc(OC)cc2OC)sc2cc(F)ccc21. The number of nitrogens with zero attached hydrogens (tertiary/aromatic N) is 2. The maximum atomic E-state index is 13.6. The van der Waals surface area contributed by atoms with Gasteiger partial charge in [0.1, 0.15) is 23.9 Å². The zero-order valence-electron chi connectivity index (χ0n) is 16.8. The minimum atomic E-state index is -0.466. The molecule has 0 N–H and O–H groups in total. The van der Waals surface area contributed by atoms with E-state index in [2.05, 4.69) is 4.99 Å². The van der Waals surface area contributed by atoms with Gasteiger partial charge in [0.25, 0.3) is 5.91 Å². The molecule has 0 radical (unpaired) electrons. The number of esters is 1. The molecule has 0 fully saturated rings. The Hall–Kier alpha value is -3.20. The van der Waals surface area contributed by atoms with Gasteiger partial charge in [-0.1, -0.05) is 17.4 Å². The summed E-state index contributed by atoms with van der Waals surface area (Å²) in [5, 5.41) is 0. The van der Waals surface area contributed by atoms with Crippen molar-refractivity contribution in [2.24, 2.45) is 4.99 Å². The molecule has 9 heteroatoms. The number of methoxy groups -OCH3 is 2. The average molecular weight is 432 g/mol. The molecule has 30 heavy (non-hydrogen) atoms. The van der Waals surface area contributed by atoms with Crippen LogP contribution in [-0.4, -0.2) is 37.3 Å². The molecule has 3 rings (SSSR count). The third kappa shape index (κ3) is 4.85. The molecule has 3 aromatic rings. The Morgan fingerprint density at radius 3 is 2.63 bits per heavy atom. The zero-order chi connectivity index (χ0) is 21.7. The van der Waals surface area contributed by atoms with Crippen LogP contribution in [0.15, 0.2) is 41.4 Å². The molecular weight excluding hydrogens is 411 g/mol. The van der Waals surface area contributed by atoms with Gasteiger partial charge in [-0.3, -0.25) is 9.59 Å². The van der Waals surface area contributed by atoms with Gasteiger partial charge in [0, 0.05) is 11.6 Å². The van der Waals surface area contributed by atoms with Crippen molar-refractivity contribution in [1.29, 1.82) is 0 Å². The quantitative estimate of drug-likeness (QED) is 0.536. The number of hydrogen-bond donors (Lipinski definition) is 0. The summed E-state index contributed by atoms with van der Waals surface area (Å²) in [6.45, 7) is 1.82. The van der Waals surface area contributed by atoms with E-state index >= 15 is 0 Å². The highest BCUT2D eigenvalue weighted by Crippen LogP contribution is 2.25. The van der Waals surface area contributed by atoms with E-state index in [-0.39, 0.29) is 19.6 Å². The van der Waals surface area contributed by atoms with Gasteiger partial charge in [-0.2, -0.15) is 4.99 Å². The number of halogens is 1. The predicted molar refractivity (Wildman–Crippen MR) is 110 cm³/mol. The Bertz CT molecular complexity index is 1150. The maximum Gasteiger partial charge on any atom is 0.326 e. The Morgan fingerprint density at radius 2 is 1.93 bits per heavy atom. The van der Waals surface area contributed by atoms with Crippen molar-refractivity contribution in [1.82, 2.24) is 4.57 Å². The van der Waals surface area contributed by atoms with E-state index in [1.54, 1.807) is 42.9 Å². The fourth-order valence-corrected chi connectivity index (χ4v) is 4.00. The summed E-state index contributed by atoms with van der Waals surface area (Å²) in [5.74, 6) is -0.183. The van der Waals surface area contributed by atoms with E-state index in [4.69, 9.17) is 14.2 Å². The van der Waals surface area contributed by atoms with E-state index in [0.29, 0.717) is 32.1 Å². The fourth-order valence-electron chi connectivity index (χ4n) is 2.93. The van der Waals surface area contributed by atoms with Crippen LogP contribution in [0.5, 0.6) is 11.5 Å². The lowest BCUT2D eigenvalue weighted by Gasteiger charge is -2.09. The first-order valence-electron chi connectivity index (χ1n) is 9.18. The second-order valence-corrected chi connectivity index (χ2v) is 7.26. The second-order valence-electron chi connectivity index (χ2n) is 6.25. The number of carbonyl (C=O) groups is 2. The molecule has 2 aromatic carbocycles. The van der Waals surface area contributed by atoms with Gasteiger partial charge in [-0.25, -0.2) is 4.39 Å². The molecule has 1 aromatic heterocycles. The van der Waals surface area contributed by atoms with Crippen molar-refractivity contribution < 1.29 is 28.2 Å². The van der Waals surface area contributed by atoms with Crippen LogP contribution in [0, 0.1) is 5.82 Å². The Kier molecular flexibility index (Phi) is 6.83. The third-order valence-electron chi connectivity index (χ3n) is 4.29. The standard InChI is InChI=1S/C21H21FN2O5S/c1-4-29-20(26)12-24-16-8-6-14(22)10-18(16)30-21(24)23-19(25)9-13-5-7-15(27-2)11-17(13)28-3/h5-8,10-11H,4,9,12H2,1-3H3. The summed E-state index contributed by atoms with van der Waals surface area (Å²) in [6, 6.07) is 9.34. The zero-order valence-corrected chi connectivity index (χ0v) is 17.6. The van der Waals surface area contributed by atoms with E-state index in [0.717, 1.165) is 11.3 Å². The van der Waals surface area contributed by atoms with Crippen LogP contribution in [0.25, 0.3) is 10.2 Å². The summed E-state index contributed by atoms with van der Waals surface area (Å²) in [5.41, 5.74) is 1.25.